The monoisotopic (exact) mass is 368 g/mol. The van der Waals surface area contributed by atoms with Crippen LogP contribution in [0.3, 0.4) is 0 Å². The van der Waals surface area contributed by atoms with Crippen LogP contribution in [0.15, 0.2) is 24.3 Å². The van der Waals surface area contributed by atoms with Crippen LogP contribution in [0.25, 0.3) is 0 Å². The smallest absolute Gasteiger partial charge is 0.406 e. The summed E-state index contributed by atoms with van der Waals surface area (Å²) in [5.74, 6) is 5.20. The zero-order valence-corrected chi connectivity index (χ0v) is 15.2. The van der Waals surface area contributed by atoms with Gasteiger partial charge >= 0.3 is 6.36 Å². The van der Waals surface area contributed by atoms with Gasteiger partial charge in [0.05, 0.1) is 0 Å². The van der Waals surface area contributed by atoms with Crippen molar-refractivity contribution in [1.29, 1.82) is 0 Å². The fourth-order valence-electron chi connectivity index (χ4n) is 3.96. The van der Waals surface area contributed by atoms with E-state index in [4.69, 9.17) is 0 Å². The van der Waals surface area contributed by atoms with Crippen molar-refractivity contribution in [2.24, 2.45) is 16.7 Å². The van der Waals surface area contributed by atoms with Crippen molar-refractivity contribution >= 4 is 11.6 Å². The molecule has 1 aromatic rings. The summed E-state index contributed by atoms with van der Waals surface area (Å²) in [7, 11) is 0. The third kappa shape index (κ3) is 5.42. The number of alkyl halides is 3. The molecule has 0 aromatic heterocycles. The SMILES string of the molecule is [CH2]C#CC1CC(C)(C)CC(C)(C(=O)Nc2cccc(OC(F)(F)F)c2)C1.[HH]. The summed E-state index contributed by atoms with van der Waals surface area (Å²) in [6, 6.07) is 5.29. The molecule has 1 amide bonds. The van der Waals surface area contributed by atoms with Gasteiger partial charge in [-0.1, -0.05) is 32.8 Å². The van der Waals surface area contributed by atoms with Crippen LogP contribution in [0.1, 0.15) is 41.5 Å². The van der Waals surface area contributed by atoms with Gasteiger partial charge in [0.25, 0.3) is 0 Å². The Balaban J connectivity index is 0.00000364. The highest BCUT2D eigenvalue weighted by Gasteiger charge is 2.45. The maximum Gasteiger partial charge on any atom is 0.573 e. The molecule has 3 nitrogen and oxygen atoms in total. The standard InChI is InChI=1S/C20H23F3NO2.H2/c1-5-7-14-11-18(2,3)13-19(4,12-14)17(25)24-15-8-6-9-16(10-15)26-20(21,22)23;/h6,8-10,14H,1,11-13H2,2-4H3,(H,24,25);1H. The lowest BCUT2D eigenvalue weighted by Gasteiger charge is -2.44. The molecule has 1 aromatic carbocycles. The number of hydrogen-bond donors (Lipinski definition) is 1. The summed E-state index contributed by atoms with van der Waals surface area (Å²) in [6.45, 7) is 9.61. The molecule has 1 fully saturated rings. The summed E-state index contributed by atoms with van der Waals surface area (Å²) in [5, 5.41) is 2.73. The number of nitrogens with one attached hydrogen (secondary N) is 1. The minimum atomic E-state index is -4.78. The summed E-state index contributed by atoms with van der Waals surface area (Å²) in [5.41, 5.74) is -0.474. The highest BCUT2D eigenvalue weighted by Crippen LogP contribution is 2.49. The summed E-state index contributed by atoms with van der Waals surface area (Å²) in [6.07, 6.45) is -2.64. The van der Waals surface area contributed by atoms with E-state index in [1.165, 1.54) is 18.2 Å². The number of benzene rings is 1. The molecular weight excluding hydrogens is 343 g/mol. The second kappa shape index (κ2) is 7.22. The second-order valence-electron chi connectivity index (χ2n) is 7.86. The van der Waals surface area contributed by atoms with Crippen LogP contribution in [0, 0.1) is 35.5 Å². The Labute approximate surface area is 153 Å². The van der Waals surface area contributed by atoms with Gasteiger partial charge in [0.1, 0.15) is 5.75 Å². The van der Waals surface area contributed by atoms with E-state index in [0.717, 1.165) is 12.5 Å². The average molecular weight is 368 g/mol. The Morgan fingerprint density at radius 3 is 2.65 bits per heavy atom. The quantitative estimate of drug-likeness (QED) is 0.722. The first-order valence-electron chi connectivity index (χ1n) is 8.37. The van der Waals surface area contributed by atoms with Gasteiger partial charge in [0.2, 0.25) is 5.91 Å². The second-order valence-corrected chi connectivity index (χ2v) is 7.86. The van der Waals surface area contributed by atoms with Gasteiger partial charge in [-0.2, -0.15) is 0 Å². The Bertz CT molecular complexity index is 737. The number of ether oxygens (including phenoxy) is 1. The highest BCUT2D eigenvalue weighted by molar-refractivity contribution is 5.95. The lowest BCUT2D eigenvalue weighted by molar-refractivity contribution is -0.274. The van der Waals surface area contributed by atoms with Gasteiger partial charge in [-0.05, 0) is 36.8 Å². The molecule has 0 saturated heterocycles. The Kier molecular flexibility index (Phi) is 5.60. The van der Waals surface area contributed by atoms with Crippen LogP contribution in [-0.4, -0.2) is 12.3 Å². The third-order valence-electron chi connectivity index (χ3n) is 4.54. The number of hydrogen-bond acceptors (Lipinski definition) is 2. The molecule has 2 unspecified atom stereocenters. The van der Waals surface area contributed by atoms with Crippen molar-refractivity contribution in [2.45, 2.75) is 46.4 Å². The molecule has 0 bridgehead atoms. The maximum absolute atomic E-state index is 12.9. The molecule has 26 heavy (non-hydrogen) atoms. The van der Waals surface area contributed by atoms with E-state index in [0.29, 0.717) is 12.8 Å². The molecule has 0 aliphatic heterocycles. The van der Waals surface area contributed by atoms with E-state index >= 15 is 0 Å². The number of amides is 1. The number of halogens is 3. The molecule has 1 aliphatic rings. The number of carbonyl (C=O) groups excluding carboxylic acids is 1. The summed E-state index contributed by atoms with van der Waals surface area (Å²) in [4.78, 5) is 12.9. The first kappa shape index (κ1) is 20.2. The van der Waals surface area contributed by atoms with E-state index in [9.17, 15) is 18.0 Å². The van der Waals surface area contributed by atoms with E-state index in [1.54, 1.807) is 0 Å². The molecule has 1 aliphatic carbocycles. The zero-order chi connectivity index (χ0) is 19.6. The summed E-state index contributed by atoms with van der Waals surface area (Å²) < 4.78 is 41.0. The van der Waals surface area contributed by atoms with Crippen LogP contribution >= 0.6 is 0 Å². The van der Waals surface area contributed by atoms with Gasteiger partial charge in [-0.25, -0.2) is 0 Å². The topological polar surface area (TPSA) is 38.3 Å². The van der Waals surface area contributed by atoms with Gasteiger partial charge < -0.3 is 10.1 Å². The Morgan fingerprint density at radius 2 is 2.04 bits per heavy atom. The van der Waals surface area contributed by atoms with Crippen molar-refractivity contribution in [3.05, 3.63) is 31.2 Å². The molecule has 2 atom stereocenters. The van der Waals surface area contributed by atoms with E-state index in [-0.39, 0.29) is 30.1 Å². The lowest BCUT2D eigenvalue weighted by Crippen LogP contribution is -2.43. The molecule has 6 heteroatoms. The first-order valence-corrected chi connectivity index (χ1v) is 8.37. The number of rotatable bonds is 3. The van der Waals surface area contributed by atoms with Crippen molar-refractivity contribution in [2.75, 3.05) is 5.32 Å². The van der Waals surface area contributed by atoms with Gasteiger partial charge in [-0.3, -0.25) is 4.79 Å². The molecule has 1 N–H and O–H groups in total. The fraction of sp³-hybridized carbons (Fsp3) is 0.500. The minimum Gasteiger partial charge on any atom is -0.406 e. The van der Waals surface area contributed by atoms with E-state index in [2.05, 4.69) is 42.7 Å². The molecule has 1 radical (unpaired) electrons. The van der Waals surface area contributed by atoms with Crippen LogP contribution < -0.4 is 10.1 Å². The first-order chi connectivity index (χ1) is 11.9. The fourth-order valence-corrected chi connectivity index (χ4v) is 3.96. The van der Waals surface area contributed by atoms with Gasteiger partial charge in [-0.15, -0.1) is 19.1 Å². The lowest BCUT2D eigenvalue weighted by atomic mass is 9.60. The third-order valence-corrected chi connectivity index (χ3v) is 4.54. The molecule has 2 rings (SSSR count). The van der Waals surface area contributed by atoms with Crippen molar-refractivity contribution in [1.82, 2.24) is 0 Å². The van der Waals surface area contributed by atoms with Crippen LogP contribution in [0.4, 0.5) is 18.9 Å². The average Bonchev–Trinajstić information content (AvgIpc) is 2.43. The van der Waals surface area contributed by atoms with Crippen molar-refractivity contribution < 1.29 is 24.1 Å². The Hall–Kier alpha value is -2.16. The van der Waals surface area contributed by atoms with Crippen LogP contribution in [0.5, 0.6) is 5.75 Å². The van der Waals surface area contributed by atoms with E-state index in [1.807, 2.05) is 6.92 Å². The maximum atomic E-state index is 12.9. The summed E-state index contributed by atoms with van der Waals surface area (Å²) >= 11 is 0. The normalized spacial score (nSPS) is 25.0. The molecule has 0 heterocycles. The molecule has 143 valence electrons. The number of carbonyl (C=O) groups is 1. The predicted molar refractivity (Wildman–Crippen MR) is 96.2 cm³/mol. The van der Waals surface area contributed by atoms with Gasteiger partial charge in [0, 0.05) is 31.4 Å². The van der Waals surface area contributed by atoms with Gasteiger partial charge in [0.15, 0.2) is 0 Å². The van der Waals surface area contributed by atoms with Crippen LogP contribution in [0.2, 0.25) is 0 Å². The molecular formula is C20H25F3NO2. The molecule has 0 spiro atoms. The Morgan fingerprint density at radius 1 is 1.35 bits per heavy atom. The highest BCUT2D eigenvalue weighted by atomic mass is 19.4. The minimum absolute atomic E-state index is 0. The van der Waals surface area contributed by atoms with E-state index < -0.39 is 11.8 Å². The number of anilines is 1. The largest absolute Gasteiger partial charge is 0.573 e. The predicted octanol–water partition coefficient (Wildman–Crippen LogP) is 5.44. The zero-order valence-electron chi connectivity index (χ0n) is 15.2. The van der Waals surface area contributed by atoms with Crippen molar-refractivity contribution in [3.63, 3.8) is 0 Å². The van der Waals surface area contributed by atoms with Crippen LogP contribution in [-0.2, 0) is 4.79 Å². The molecule has 1 saturated carbocycles. The van der Waals surface area contributed by atoms with Crippen molar-refractivity contribution in [3.8, 4) is 17.6 Å².